The van der Waals surface area contributed by atoms with Crippen LogP contribution >= 0.6 is 15.9 Å². The van der Waals surface area contributed by atoms with Gasteiger partial charge in [-0.05, 0) is 55.0 Å². The molecule has 0 spiro atoms. The molecule has 1 fully saturated rings. The minimum atomic E-state index is 0.0778. The molecule has 3 atom stereocenters. The second kappa shape index (κ2) is 3.95. The summed E-state index contributed by atoms with van der Waals surface area (Å²) < 4.78 is 0.0778. The summed E-state index contributed by atoms with van der Waals surface area (Å²) in [6, 6.07) is 7.13. The van der Waals surface area contributed by atoms with E-state index in [0.717, 1.165) is 24.0 Å². The molecular weight excluding hydrogens is 292 g/mol. The van der Waals surface area contributed by atoms with Crippen molar-refractivity contribution < 1.29 is 9.90 Å². The highest BCUT2D eigenvalue weighted by molar-refractivity contribution is 9.10. The molecule has 0 bridgehead atoms. The topological polar surface area (TPSA) is 37.3 Å². The molecule has 3 heteroatoms. The minimum absolute atomic E-state index is 0.0778. The zero-order valence-corrected chi connectivity index (χ0v) is 11.8. The molecule has 0 aliphatic heterocycles. The van der Waals surface area contributed by atoms with E-state index in [1.165, 1.54) is 0 Å². The van der Waals surface area contributed by atoms with Crippen molar-refractivity contribution in [2.45, 2.75) is 24.1 Å². The average molecular weight is 307 g/mol. The summed E-state index contributed by atoms with van der Waals surface area (Å²) in [5.41, 5.74) is 2.19. The number of carbonyl (C=O) groups is 1. The number of ketones is 1. The number of benzene rings is 1. The molecule has 18 heavy (non-hydrogen) atoms. The molecule has 3 rings (SSSR count). The van der Waals surface area contributed by atoms with Gasteiger partial charge in [0.15, 0.2) is 5.78 Å². The van der Waals surface area contributed by atoms with Crippen molar-refractivity contribution in [3.63, 3.8) is 0 Å². The summed E-state index contributed by atoms with van der Waals surface area (Å²) in [4.78, 5) is 12.0. The molecule has 1 N–H and O–H groups in total. The summed E-state index contributed by atoms with van der Waals surface area (Å²) in [5.74, 6) is 0.979. The van der Waals surface area contributed by atoms with Crippen LogP contribution in [-0.2, 0) is 4.79 Å². The lowest BCUT2D eigenvalue weighted by Crippen LogP contribution is -2.12. The first-order valence-corrected chi connectivity index (χ1v) is 6.99. The maximum atomic E-state index is 12.0. The summed E-state index contributed by atoms with van der Waals surface area (Å²) in [7, 11) is 0. The van der Waals surface area contributed by atoms with Crippen LogP contribution in [0.1, 0.15) is 25.3 Å². The molecule has 1 saturated carbocycles. The van der Waals surface area contributed by atoms with Crippen LogP contribution in [0.4, 0.5) is 0 Å². The molecule has 94 valence electrons. The Morgan fingerprint density at radius 3 is 2.50 bits per heavy atom. The van der Waals surface area contributed by atoms with Crippen molar-refractivity contribution in [3.05, 3.63) is 35.9 Å². The van der Waals surface area contributed by atoms with Gasteiger partial charge in [-0.15, -0.1) is 0 Å². The summed E-state index contributed by atoms with van der Waals surface area (Å²) in [6.45, 7) is 2.16. The molecule has 1 aromatic rings. The number of rotatable bonds is 1. The van der Waals surface area contributed by atoms with Gasteiger partial charge >= 0.3 is 0 Å². The van der Waals surface area contributed by atoms with Gasteiger partial charge in [0.25, 0.3) is 0 Å². The van der Waals surface area contributed by atoms with Crippen LogP contribution in [-0.4, -0.2) is 15.2 Å². The molecule has 0 saturated heterocycles. The van der Waals surface area contributed by atoms with E-state index in [0.29, 0.717) is 5.92 Å². The van der Waals surface area contributed by atoms with Crippen molar-refractivity contribution in [2.24, 2.45) is 11.8 Å². The van der Waals surface area contributed by atoms with Gasteiger partial charge in [-0.1, -0.05) is 28.1 Å². The number of phenolic OH excluding ortho intramolecular Hbond substituents is 1. The minimum Gasteiger partial charge on any atom is -0.508 e. The fraction of sp³-hybridized carbons (Fsp3) is 0.400. The third-order valence-electron chi connectivity index (χ3n) is 4.04. The van der Waals surface area contributed by atoms with Crippen molar-refractivity contribution >= 4 is 27.3 Å². The van der Waals surface area contributed by atoms with Gasteiger partial charge in [-0.25, -0.2) is 0 Å². The third-order valence-corrected chi connectivity index (χ3v) is 4.69. The molecule has 2 aliphatic carbocycles. The number of alkyl halides is 1. The highest BCUT2D eigenvalue weighted by Gasteiger charge is 2.48. The SMILES string of the molecule is C[C@]1(Br)CC2C(=O)C=C(c3ccc(O)cc3)C2C1. The van der Waals surface area contributed by atoms with Crippen LogP contribution in [0.25, 0.3) is 5.57 Å². The Morgan fingerprint density at radius 1 is 1.22 bits per heavy atom. The van der Waals surface area contributed by atoms with Gasteiger partial charge in [-0.3, -0.25) is 4.79 Å². The maximum Gasteiger partial charge on any atom is 0.159 e. The molecule has 2 aliphatic rings. The number of halogens is 1. The van der Waals surface area contributed by atoms with E-state index < -0.39 is 0 Å². The lowest BCUT2D eigenvalue weighted by atomic mass is 9.90. The van der Waals surface area contributed by atoms with Gasteiger partial charge in [0, 0.05) is 10.2 Å². The van der Waals surface area contributed by atoms with Gasteiger partial charge in [0.05, 0.1) is 0 Å². The van der Waals surface area contributed by atoms with Gasteiger partial charge in [0.1, 0.15) is 5.75 Å². The predicted octanol–water partition coefficient (Wildman–Crippen LogP) is 3.54. The number of allylic oxidation sites excluding steroid dienone is 2. The Kier molecular flexibility index (Phi) is 2.63. The van der Waals surface area contributed by atoms with Gasteiger partial charge < -0.3 is 5.11 Å². The van der Waals surface area contributed by atoms with Crippen molar-refractivity contribution in [1.82, 2.24) is 0 Å². The highest BCUT2D eigenvalue weighted by atomic mass is 79.9. The lowest BCUT2D eigenvalue weighted by molar-refractivity contribution is -0.117. The normalized spacial score (nSPS) is 34.6. The number of aromatic hydroxyl groups is 1. The number of phenols is 1. The first kappa shape index (κ1) is 12.0. The second-order valence-electron chi connectivity index (χ2n) is 5.58. The van der Waals surface area contributed by atoms with E-state index in [-0.39, 0.29) is 21.8 Å². The maximum absolute atomic E-state index is 12.0. The van der Waals surface area contributed by atoms with Gasteiger partial charge in [0.2, 0.25) is 0 Å². The van der Waals surface area contributed by atoms with Crippen molar-refractivity contribution in [1.29, 1.82) is 0 Å². The molecule has 0 aromatic heterocycles. The molecule has 1 aromatic carbocycles. The van der Waals surface area contributed by atoms with Crippen LogP contribution in [0.3, 0.4) is 0 Å². The fourth-order valence-corrected chi connectivity index (χ4v) is 3.93. The molecule has 0 amide bonds. The first-order chi connectivity index (χ1) is 8.46. The van der Waals surface area contributed by atoms with E-state index in [1.54, 1.807) is 18.2 Å². The Balaban J connectivity index is 1.96. The first-order valence-electron chi connectivity index (χ1n) is 6.20. The summed E-state index contributed by atoms with van der Waals surface area (Å²) >= 11 is 3.72. The smallest absolute Gasteiger partial charge is 0.159 e. The van der Waals surface area contributed by atoms with Crippen LogP contribution in [0.5, 0.6) is 5.75 Å². The highest BCUT2D eigenvalue weighted by Crippen LogP contribution is 2.53. The van der Waals surface area contributed by atoms with E-state index in [1.807, 2.05) is 12.1 Å². The standard InChI is InChI=1S/C15H15BrO2/c1-15(16)7-12-11(6-14(18)13(12)8-15)9-2-4-10(17)5-3-9/h2-6,12-13,17H,7-8H2,1H3/t12?,13?,15-/m1/s1. The monoisotopic (exact) mass is 306 g/mol. The molecular formula is C15H15BrO2. The molecule has 0 heterocycles. The lowest BCUT2D eigenvalue weighted by Gasteiger charge is -2.16. The largest absolute Gasteiger partial charge is 0.508 e. The number of hydrogen-bond donors (Lipinski definition) is 1. The predicted molar refractivity (Wildman–Crippen MR) is 74.6 cm³/mol. The molecule has 2 nitrogen and oxygen atoms in total. The van der Waals surface area contributed by atoms with Crippen LogP contribution < -0.4 is 0 Å². The Morgan fingerprint density at radius 2 is 1.83 bits per heavy atom. The van der Waals surface area contributed by atoms with Crippen LogP contribution in [0, 0.1) is 11.8 Å². The molecule has 2 unspecified atom stereocenters. The zero-order chi connectivity index (χ0) is 12.9. The number of hydrogen-bond acceptors (Lipinski definition) is 2. The summed E-state index contributed by atoms with van der Waals surface area (Å²) in [5, 5.41) is 9.33. The van der Waals surface area contributed by atoms with E-state index in [4.69, 9.17) is 0 Å². The van der Waals surface area contributed by atoms with E-state index in [2.05, 4.69) is 22.9 Å². The van der Waals surface area contributed by atoms with Crippen LogP contribution in [0.15, 0.2) is 30.3 Å². The van der Waals surface area contributed by atoms with Crippen molar-refractivity contribution in [2.75, 3.05) is 0 Å². The van der Waals surface area contributed by atoms with E-state index >= 15 is 0 Å². The van der Waals surface area contributed by atoms with Crippen molar-refractivity contribution in [3.8, 4) is 5.75 Å². The fourth-order valence-electron chi connectivity index (χ4n) is 3.23. The second-order valence-corrected chi connectivity index (χ2v) is 7.50. The van der Waals surface area contributed by atoms with E-state index in [9.17, 15) is 9.90 Å². The third kappa shape index (κ3) is 1.91. The zero-order valence-electron chi connectivity index (χ0n) is 10.2. The van der Waals surface area contributed by atoms with Gasteiger partial charge in [-0.2, -0.15) is 0 Å². The quantitative estimate of drug-likeness (QED) is 0.806. The Hall–Kier alpha value is -1.09. The molecule has 0 radical (unpaired) electrons. The Bertz CT molecular complexity index is 528. The average Bonchev–Trinajstić information content (AvgIpc) is 2.76. The number of fused-ring (bicyclic) bond motifs is 1. The summed E-state index contributed by atoms with van der Waals surface area (Å²) in [6.07, 6.45) is 3.70. The number of carbonyl (C=O) groups excluding carboxylic acids is 1. The van der Waals surface area contributed by atoms with Crippen LogP contribution in [0.2, 0.25) is 0 Å². The Labute approximate surface area is 115 Å².